The van der Waals surface area contributed by atoms with Crippen LogP contribution in [0, 0.1) is 0 Å². The van der Waals surface area contributed by atoms with Gasteiger partial charge in [-0.15, -0.1) is 0 Å². The van der Waals surface area contributed by atoms with E-state index in [2.05, 4.69) is 41.1 Å². The number of rotatable bonds is 8. The van der Waals surface area contributed by atoms with Crippen molar-refractivity contribution in [2.75, 3.05) is 59.0 Å². The number of piperazine rings is 1. The SMILES string of the molecule is CCNC(=NCCc1ccccc1OCC)N1CCN(C(C)C(=O)N2CCCC2)CC1. The first-order valence-electron chi connectivity index (χ1n) is 11.9. The van der Waals surface area contributed by atoms with Crippen molar-refractivity contribution in [2.24, 2.45) is 4.99 Å². The van der Waals surface area contributed by atoms with Crippen molar-refractivity contribution in [2.45, 2.75) is 46.1 Å². The summed E-state index contributed by atoms with van der Waals surface area (Å²) in [5.41, 5.74) is 1.20. The zero-order valence-electron chi connectivity index (χ0n) is 19.5. The number of carbonyl (C=O) groups excluding carboxylic acids is 1. The number of para-hydroxylation sites is 1. The minimum Gasteiger partial charge on any atom is -0.494 e. The first-order valence-corrected chi connectivity index (χ1v) is 11.9. The van der Waals surface area contributed by atoms with Crippen LogP contribution in [0.4, 0.5) is 0 Å². The van der Waals surface area contributed by atoms with Gasteiger partial charge in [0, 0.05) is 52.4 Å². The number of benzene rings is 1. The summed E-state index contributed by atoms with van der Waals surface area (Å²) in [5.74, 6) is 2.21. The van der Waals surface area contributed by atoms with Crippen LogP contribution in [0.3, 0.4) is 0 Å². The fraction of sp³-hybridized carbons (Fsp3) is 0.667. The van der Waals surface area contributed by atoms with Crippen LogP contribution in [0.15, 0.2) is 29.3 Å². The standard InChI is InChI=1S/C24H39N5O2/c1-4-25-24(26-13-12-21-10-6-7-11-22(21)31-5-2)29-18-16-27(17-19-29)20(3)23(30)28-14-8-9-15-28/h6-7,10-11,20H,4-5,8-9,12-19H2,1-3H3,(H,25,26). The van der Waals surface area contributed by atoms with Crippen LogP contribution in [0.5, 0.6) is 5.75 Å². The predicted octanol–water partition coefficient (Wildman–Crippen LogP) is 2.22. The summed E-state index contributed by atoms with van der Waals surface area (Å²) in [6.07, 6.45) is 3.14. The Morgan fingerprint density at radius 2 is 1.77 bits per heavy atom. The molecule has 31 heavy (non-hydrogen) atoms. The Hall–Kier alpha value is -2.28. The van der Waals surface area contributed by atoms with Crippen molar-refractivity contribution in [1.82, 2.24) is 20.0 Å². The fourth-order valence-electron chi connectivity index (χ4n) is 4.39. The van der Waals surface area contributed by atoms with Crippen LogP contribution in [-0.2, 0) is 11.2 Å². The zero-order valence-corrected chi connectivity index (χ0v) is 19.5. The topological polar surface area (TPSA) is 60.4 Å². The van der Waals surface area contributed by atoms with Gasteiger partial charge in [0.15, 0.2) is 5.96 Å². The summed E-state index contributed by atoms with van der Waals surface area (Å²) in [5, 5.41) is 3.44. The molecule has 0 bridgehead atoms. The number of aliphatic imine (C=N–C) groups is 1. The Morgan fingerprint density at radius 3 is 2.45 bits per heavy atom. The molecule has 1 atom stereocenters. The Bertz CT molecular complexity index is 724. The summed E-state index contributed by atoms with van der Waals surface area (Å²) in [6, 6.07) is 8.17. The molecule has 2 fully saturated rings. The first-order chi connectivity index (χ1) is 15.1. The van der Waals surface area contributed by atoms with Crippen molar-refractivity contribution in [3.63, 3.8) is 0 Å². The molecule has 1 N–H and O–H groups in total. The van der Waals surface area contributed by atoms with Crippen LogP contribution in [0.25, 0.3) is 0 Å². The second-order valence-electron chi connectivity index (χ2n) is 8.26. The molecule has 2 aliphatic heterocycles. The third-order valence-electron chi connectivity index (χ3n) is 6.19. The van der Waals surface area contributed by atoms with Crippen molar-refractivity contribution >= 4 is 11.9 Å². The Morgan fingerprint density at radius 1 is 1.06 bits per heavy atom. The highest BCUT2D eigenvalue weighted by Gasteiger charge is 2.30. The molecule has 0 radical (unpaired) electrons. The molecule has 7 nitrogen and oxygen atoms in total. The smallest absolute Gasteiger partial charge is 0.239 e. The van der Waals surface area contributed by atoms with E-state index in [1.165, 1.54) is 5.56 Å². The highest BCUT2D eigenvalue weighted by Crippen LogP contribution is 2.18. The maximum absolute atomic E-state index is 12.7. The monoisotopic (exact) mass is 429 g/mol. The summed E-state index contributed by atoms with van der Waals surface area (Å²) in [6.45, 7) is 13.8. The lowest BCUT2D eigenvalue weighted by atomic mass is 10.1. The van der Waals surface area contributed by atoms with Crippen molar-refractivity contribution in [1.29, 1.82) is 0 Å². The molecule has 2 heterocycles. The quantitative estimate of drug-likeness (QED) is 0.507. The van der Waals surface area contributed by atoms with Gasteiger partial charge >= 0.3 is 0 Å². The molecule has 0 spiro atoms. The molecule has 3 rings (SSSR count). The Labute approximate surface area is 187 Å². The third kappa shape index (κ3) is 6.35. The van der Waals surface area contributed by atoms with E-state index >= 15 is 0 Å². The number of carbonyl (C=O) groups is 1. The molecule has 1 unspecified atom stereocenters. The molecule has 0 aromatic heterocycles. The van der Waals surface area contributed by atoms with Gasteiger partial charge in [-0.25, -0.2) is 0 Å². The van der Waals surface area contributed by atoms with E-state index < -0.39 is 0 Å². The number of hydrogen-bond donors (Lipinski definition) is 1. The zero-order chi connectivity index (χ0) is 22.1. The molecule has 7 heteroatoms. The van der Waals surface area contributed by atoms with Gasteiger partial charge in [-0.3, -0.25) is 14.7 Å². The molecule has 1 amide bonds. The van der Waals surface area contributed by atoms with Crippen LogP contribution >= 0.6 is 0 Å². The predicted molar refractivity (Wildman–Crippen MR) is 126 cm³/mol. The highest BCUT2D eigenvalue weighted by molar-refractivity contribution is 5.82. The van der Waals surface area contributed by atoms with E-state index in [-0.39, 0.29) is 6.04 Å². The molecule has 172 valence electrons. The number of nitrogens with zero attached hydrogens (tertiary/aromatic N) is 4. The van der Waals surface area contributed by atoms with Gasteiger partial charge in [-0.2, -0.15) is 0 Å². The van der Waals surface area contributed by atoms with Crippen LogP contribution < -0.4 is 10.1 Å². The van der Waals surface area contributed by atoms with Gasteiger partial charge in [0.1, 0.15) is 5.75 Å². The molecule has 1 aromatic rings. The van der Waals surface area contributed by atoms with E-state index in [0.29, 0.717) is 12.5 Å². The highest BCUT2D eigenvalue weighted by atomic mass is 16.5. The average Bonchev–Trinajstić information content (AvgIpc) is 3.34. The number of hydrogen-bond acceptors (Lipinski definition) is 4. The summed E-state index contributed by atoms with van der Waals surface area (Å²) in [7, 11) is 0. The van der Waals surface area contributed by atoms with Gasteiger partial charge < -0.3 is 19.9 Å². The van der Waals surface area contributed by atoms with E-state index in [9.17, 15) is 4.79 Å². The van der Waals surface area contributed by atoms with Crippen molar-refractivity contribution in [3.05, 3.63) is 29.8 Å². The van der Waals surface area contributed by atoms with Crippen molar-refractivity contribution in [3.8, 4) is 5.75 Å². The number of guanidine groups is 1. The first kappa shape index (κ1) is 23.4. The normalized spacial score (nSPS) is 18.9. The second-order valence-corrected chi connectivity index (χ2v) is 8.26. The average molecular weight is 430 g/mol. The van der Waals surface area contributed by atoms with E-state index in [0.717, 1.165) is 83.3 Å². The molecule has 0 saturated carbocycles. The maximum Gasteiger partial charge on any atom is 0.239 e. The lowest BCUT2D eigenvalue weighted by molar-refractivity contribution is -0.135. The molecule has 0 aliphatic carbocycles. The van der Waals surface area contributed by atoms with Gasteiger partial charge in [-0.05, 0) is 51.7 Å². The second kappa shape index (κ2) is 11.9. The lowest BCUT2D eigenvalue weighted by Crippen LogP contribution is -2.57. The molecule has 1 aromatic carbocycles. The van der Waals surface area contributed by atoms with E-state index in [4.69, 9.17) is 9.73 Å². The molecular weight excluding hydrogens is 390 g/mol. The summed E-state index contributed by atoms with van der Waals surface area (Å²) >= 11 is 0. The van der Waals surface area contributed by atoms with Gasteiger partial charge in [0.25, 0.3) is 0 Å². The molecule has 2 aliphatic rings. The van der Waals surface area contributed by atoms with E-state index in [1.807, 2.05) is 24.0 Å². The molecule has 2 saturated heterocycles. The van der Waals surface area contributed by atoms with Gasteiger partial charge in [0.05, 0.1) is 12.6 Å². The number of amides is 1. The van der Waals surface area contributed by atoms with Crippen LogP contribution in [-0.4, -0.2) is 91.6 Å². The number of ether oxygens (including phenoxy) is 1. The van der Waals surface area contributed by atoms with Crippen LogP contribution in [0.2, 0.25) is 0 Å². The maximum atomic E-state index is 12.7. The van der Waals surface area contributed by atoms with Crippen LogP contribution in [0.1, 0.15) is 39.2 Å². The Kier molecular flexibility index (Phi) is 9.00. The fourth-order valence-corrected chi connectivity index (χ4v) is 4.39. The lowest BCUT2D eigenvalue weighted by Gasteiger charge is -2.39. The number of likely N-dealkylation sites (tertiary alicyclic amines) is 1. The number of nitrogens with one attached hydrogen (secondary N) is 1. The Balaban J connectivity index is 1.53. The van der Waals surface area contributed by atoms with Crippen molar-refractivity contribution < 1.29 is 9.53 Å². The minimum absolute atomic E-state index is 0.0326. The van der Waals surface area contributed by atoms with Gasteiger partial charge in [-0.1, -0.05) is 18.2 Å². The summed E-state index contributed by atoms with van der Waals surface area (Å²) in [4.78, 5) is 24.3. The third-order valence-corrected chi connectivity index (χ3v) is 6.19. The van der Waals surface area contributed by atoms with E-state index in [1.54, 1.807) is 0 Å². The van der Waals surface area contributed by atoms with Gasteiger partial charge in [0.2, 0.25) is 5.91 Å². The largest absolute Gasteiger partial charge is 0.494 e. The summed E-state index contributed by atoms with van der Waals surface area (Å²) < 4.78 is 5.74. The minimum atomic E-state index is -0.0326. The molecular formula is C24H39N5O2.